The zero-order chi connectivity index (χ0) is 9.84. The number of nitrogens with two attached hydrogens (primary N) is 1. The molecule has 0 aromatic carbocycles. The first kappa shape index (κ1) is 9.98. The van der Waals surface area contributed by atoms with E-state index in [4.69, 9.17) is 10.5 Å². The second kappa shape index (κ2) is 4.23. The second-order valence-corrected chi connectivity index (χ2v) is 3.29. The molecule has 0 aliphatic rings. The van der Waals surface area contributed by atoms with Gasteiger partial charge in [-0.3, -0.25) is 4.79 Å². The summed E-state index contributed by atoms with van der Waals surface area (Å²) in [6.45, 7) is 0. The molecule has 1 amide bonds. The largest absolute Gasteiger partial charge is 0.480 e. The Morgan fingerprint density at radius 2 is 2.38 bits per heavy atom. The third-order valence-corrected chi connectivity index (χ3v) is 2.02. The number of halogens is 1. The first-order valence-corrected chi connectivity index (χ1v) is 4.40. The van der Waals surface area contributed by atoms with Crippen LogP contribution < -0.4 is 10.5 Å². The van der Waals surface area contributed by atoms with Crippen LogP contribution in [-0.4, -0.2) is 18.0 Å². The minimum atomic E-state index is -0.406. The van der Waals surface area contributed by atoms with Gasteiger partial charge in [0.05, 0.1) is 23.7 Å². The fourth-order valence-electron chi connectivity index (χ4n) is 0.882. The van der Waals surface area contributed by atoms with Gasteiger partial charge >= 0.3 is 0 Å². The lowest BCUT2D eigenvalue weighted by Gasteiger charge is -2.03. The quantitative estimate of drug-likeness (QED) is 0.859. The Bertz CT molecular complexity index is 328. The molecule has 0 unspecified atom stereocenters. The van der Waals surface area contributed by atoms with E-state index in [-0.39, 0.29) is 6.42 Å². The van der Waals surface area contributed by atoms with Crippen molar-refractivity contribution in [1.82, 2.24) is 4.98 Å². The number of rotatable bonds is 3. The van der Waals surface area contributed by atoms with Crippen LogP contribution in [0, 0.1) is 0 Å². The van der Waals surface area contributed by atoms with Crippen molar-refractivity contribution in [2.75, 3.05) is 7.11 Å². The maximum Gasteiger partial charge on any atom is 0.227 e. The van der Waals surface area contributed by atoms with E-state index in [2.05, 4.69) is 20.9 Å². The standard InChI is InChI=1S/C8H9BrN2O2/c1-13-8-6(9)3-2-5(11-8)4-7(10)12/h2-3H,4H2,1H3,(H2,10,12). The highest BCUT2D eigenvalue weighted by Gasteiger charge is 2.05. The van der Waals surface area contributed by atoms with Crippen LogP contribution in [0.15, 0.2) is 16.6 Å². The zero-order valence-corrected chi connectivity index (χ0v) is 8.67. The molecule has 0 spiro atoms. The van der Waals surface area contributed by atoms with Gasteiger partial charge in [-0.1, -0.05) is 0 Å². The minimum absolute atomic E-state index is 0.129. The summed E-state index contributed by atoms with van der Waals surface area (Å²) in [5, 5.41) is 0. The molecular weight excluding hydrogens is 236 g/mol. The Morgan fingerprint density at radius 3 is 2.92 bits per heavy atom. The van der Waals surface area contributed by atoms with Crippen molar-refractivity contribution in [3.8, 4) is 5.88 Å². The molecule has 0 radical (unpaired) electrons. The lowest BCUT2D eigenvalue weighted by Crippen LogP contribution is -2.14. The summed E-state index contributed by atoms with van der Waals surface area (Å²) < 4.78 is 5.71. The number of ether oxygens (including phenoxy) is 1. The van der Waals surface area contributed by atoms with Gasteiger partial charge in [-0.15, -0.1) is 0 Å². The number of hydrogen-bond acceptors (Lipinski definition) is 3. The number of pyridine rings is 1. The number of hydrogen-bond donors (Lipinski definition) is 1. The van der Waals surface area contributed by atoms with Crippen molar-refractivity contribution in [3.05, 3.63) is 22.3 Å². The first-order chi connectivity index (χ1) is 6.13. The molecule has 13 heavy (non-hydrogen) atoms. The summed E-state index contributed by atoms with van der Waals surface area (Å²) in [7, 11) is 1.52. The highest BCUT2D eigenvalue weighted by molar-refractivity contribution is 9.10. The Morgan fingerprint density at radius 1 is 1.69 bits per heavy atom. The van der Waals surface area contributed by atoms with E-state index in [1.165, 1.54) is 7.11 Å². The van der Waals surface area contributed by atoms with Crippen molar-refractivity contribution in [3.63, 3.8) is 0 Å². The number of carbonyl (C=O) groups is 1. The van der Waals surface area contributed by atoms with Gasteiger partial charge in [-0.25, -0.2) is 4.98 Å². The summed E-state index contributed by atoms with van der Waals surface area (Å²) in [5.41, 5.74) is 5.63. The van der Waals surface area contributed by atoms with Crippen molar-refractivity contribution in [2.45, 2.75) is 6.42 Å². The molecule has 2 N–H and O–H groups in total. The zero-order valence-electron chi connectivity index (χ0n) is 7.08. The molecule has 4 nitrogen and oxygen atoms in total. The topological polar surface area (TPSA) is 65.2 Å². The molecule has 70 valence electrons. The summed E-state index contributed by atoms with van der Waals surface area (Å²) in [6.07, 6.45) is 0.129. The molecule has 0 aliphatic heterocycles. The summed E-state index contributed by atoms with van der Waals surface area (Å²) in [5.74, 6) is 0.0515. The third-order valence-electron chi connectivity index (χ3n) is 1.42. The number of methoxy groups -OCH3 is 1. The van der Waals surface area contributed by atoms with Crippen LogP contribution in [0.4, 0.5) is 0 Å². The molecule has 0 aliphatic carbocycles. The minimum Gasteiger partial charge on any atom is -0.480 e. The molecule has 1 rings (SSSR count). The fourth-order valence-corrected chi connectivity index (χ4v) is 1.26. The van der Waals surface area contributed by atoms with E-state index in [9.17, 15) is 4.79 Å². The monoisotopic (exact) mass is 244 g/mol. The SMILES string of the molecule is COc1nc(CC(N)=O)ccc1Br. The smallest absolute Gasteiger partial charge is 0.227 e. The van der Waals surface area contributed by atoms with Crippen molar-refractivity contribution < 1.29 is 9.53 Å². The summed E-state index contributed by atoms with van der Waals surface area (Å²) in [6, 6.07) is 3.49. The molecule has 1 aromatic heterocycles. The molecular formula is C8H9BrN2O2. The van der Waals surface area contributed by atoms with E-state index < -0.39 is 5.91 Å². The number of nitrogens with zero attached hydrogens (tertiary/aromatic N) is 1. The van der Waals surface area contributed by atoms with Gasteiger partial charge in [-0.2, -0.15) is 0 Å². The number of primary amides is 1. The number of carbonyl (C=O) groups excluding carboxylic acids is 1. The molecule has 1 heterocycles. The second-order valence-electron chi connectivity index (χ2n) is 2.44. The predicted octanol–water partition coefficient (Wildman–Crippen LogP) is 0.880. The Hall–Kier alpha value is -1.10. The molecule has 0 fully saturated rings. The van der Waals surface area contributed by atoms with Gasteiger partial charge < -0.3 is 10.5 Å². The Kier molecular flexibility index (Phi) is 3.25. The first-order valence-electron chi connectivity index (χ1n) is 3.61. The van der Waals surface area contributed by atoms with Crippen LogP contribution in [0.3, 0.4) is 0 Å². The molecule has 1 aromatic rings. The molecule has 5 heteroatoms. The van der Waals surface area contributed by atoms with Gasteiger partial charge in [0, 0.05) is 0 Å². The van der Waals surface area contributed by atoms with Crippen LogP contribution in [0.1, 0.15) is 5.69 Å². The maximum atomic E-state index is 10.6. The van der Waals surface area contributed by atoms with Crippen molar-refractivity contribution in [1.29, 1.82) is 0 Å². The van der Waals surface area contributed by atoms with Crippen molar-refractivity contribution >= 4 is 21.8 Å². The normalized spacial score (nSPS) is 9.69. The lowest BCUT2D eigenvalue weighted by atomic mass is 10.2. The van der Waals surface area contributed by atoms with E-state index in [0.29, 0.717) is 11.6 Å². The average Bonchev–Trinajstić information content (AvgIpc) is 2.07. The fraction of sp³-hybridized carbons (Fsp3) is 0.250. The van der Waals surface area contributed by atoms with E-state index >= 15 is 0 Å². The third kappa shape index (κ3) is 2.69. The molecule has 0 saturated carbocycles. The van der Waals surface area contributed by atoms with Gasteiger partial charge in [0.2, 0.25) is 11.8 Å². The van der Waals surface area contributed by atoms with Gasteiger partial charge in [0.1, 0.15) is 0 Å². The summed E-state index contributed by atoms with van der Waals surface area (Å²) in [4.78, 5) is 14.6. The van der Waals surface area contributed by atoms with E-state index in [0.717, 1.165) is 4.47 Å². The van der Waals surface area contributed by atoms with Crippen LogP contribution >= 0.6 is 15.9 Å². The predicted molar refractivity (Wildman–Crippen MR) is 51.4 cm³/mol. The van der Waals surface area contributed by atoms with Crippen LogP contribution in [0.5, 0.6) is 5.88 Å². The molecule has 0 atom stereocenters. The molecule has 0 bridgehead atoms. The maximum absolute atomic E-state index is 10.6. The van der Waals surface area contributed by atoms with Crippen LogP contribution in [0.2, 0.25) is 0 Å². The van der Waals surface area contributed by atoms with Gasteiger partial charge in [0.15, 0.2) is 0 Å². The van der Waals surface area contributed by atoms with Crippen molar-refractivity contribution in [2.24, 2.45) is 5.73 Å². The Balaban J connectivity index is 2.92. The average molecular weight is 245 g/mol. The van der Waals surface area contributed by atoms with E-state index in [1.54, 1.807) is 12.1 Å². The number of amides is 1. The van der Waals surface area contributed by atoms with Gasteiger partial charge in [0.25, 0.3) is 0 Å². The highest BCUT2D eigenvalue weighted by atomic mass is 79.9. The highest BCUT2D eigenvalue weighted by Crippen LogP contribution is 2.21. The molecule has 0 saturated heterocycles. The lowest BCUT2D eigenvalue weighted by molar-refractivity contribution is -0.117. The number of aromatic nitrogens is 1. The van der Waals surface area contributed by atoms with Crippen LogP contribution in [0.25, 0.3) is 0 Å². The summed E-state index contributed by atoms with van der Waals surface area (Å²) >= 11 is 3.25. The van der Waals surface area contributed by atoms with Crippen LogP contribution in [-0.2, 0) is 11.2 Å². The van der Waals surface area contributed by atoms with E-state index in [1.807, 2.05) is 0 Å². The van der Waals surface area contributed by atoms with Gasteiger partial charge in [-0.05, 0) is 28.1 Å². The Labute approximate surface area is 84.2 Å².